The number of imidazole rings is 1. The molecule has 0 spiro atoms. The van der Waals surface area contributed by atoms with E-state index in [-0.39, 0.29) is 17.5 Å². The van der Waals surface area contributed by atoms with Crippen LogP contribution >= 0.6 is 0 Å². The number of piperazine rings is 1. The van der Waals surface area contributed by atoms with E-state index >= 15 is 0 Å². The number of carbonyl (C=O) groups excluding carboxylic acids is 1. The minimum absolute atomic E-state index is 0.164. The van der Waals surface area contributed by atoms with E-state index in [1.165, 1.54) is 28.8 Å². The third kappa shape index (κ3) is 3.05. The maximum Gasteiger partial charge on any atom is 0.274 e. The van der Waals surface area contributed by atoms with Crippen molar-refractivity contribution in [3.8, 4) is 0 Å². The van der Waals surface area contributed by atoms with Crippen molar-refractivity contribution in [3.63, 3.8) is 0 Å². The van der Waals surface area contributed by atoms with Gasteiger partial charge in [-0.1, -0.05) is 0 Å². The molecule has 25 heavy (non-hydrogen) atoms. The van der Waals surface area contributed by atoms with Gasteiger partial charge in [-0.05, 0) is 36.4 Å². The van der Waals surface area contributed by atoms with Crippen LogP contribution in [0.3, 0.4) is 0 Å². The van der Waals surface area contributed by atoms with Crippen molar-refractivity contribution in [3.05, 3.63) is 66.1 Å². The van der Waals surface area contributed by atoms with E-state index in [0.29, 0.717) is 37.5 Å². The van der Waals surface area contributed by atoms with Crippen LogP contribution in [-0.2, 0) is 0 Å². The van der Waals surface area contributed by atoms with Gasteiger partial charge in [0.2, 0.25) is 0 Å². The Morgan fingerprint density at radius 3 is 2.28 bits per heavy atom. The number of halogens is 2. The summed E-state index contributed by atoms with van der Waals surface area (Å²) < 4.78 is 27.8. The summed E-state index contributed by atoms with van der Waals surface area (Å²) in [4.78, 5) is 20.7. The Morgan fingerprint density at radius 1 is 0.880 bits per heavy atom. The van der Waals surface area contributed by atoms with Crippen LogP contribution in [0, 0.1) is 11.6 Å². The average Bonchev–Trinajstić information content (AvgIpc) is 3.05. The van der Waals surface area contributed by atoms with Gasteiger partial charge in [0.05, 0.1) is 0 Å². The number of nitrogens with zero attached hydrogens (tertiary/aromatic N) is 4. The van der Waals surface area contributed by atoms with E-state index in [0.717, 1.165) is 5.69 Å². The molecule has 7 heteroatoms. The van der Waals surface area contributed by atoms with Crippen LogP contribution in [-0.4, -0.2) is 46.4 Å². The fourth-order valence-corrected chi connectivity index (χ4v) is 3.05. The Hall–Kier alpha value is -2.96. The van der Waals surface area contributed by atoms with Crippen molar-refractivity contribution in [1.82, 2.24) is 14.3 Å². The molecule has 0 radical (unpaired) electrons. The summed E-state index contributed by atoms with van der Waals surface area (Å²) in [6.45, 7) is 2.44. The van der Waals surface area contributed by atoms with Crippen LogP contribution < -0.4 is 4.90 Å². The van der Waals surface area contributed by atoms with Crippen LogP contribution in [0.15, 0.2) is 48.8 Å². The van der Waals surface area contributed by atoms with E-state index in [2.05, 4.69) is 9.88 Å². The number of aromatic nitrogens is 2. The lowest BCUT2D eigenvalue weighted by atomic mass is 10.2. The topological polar surface area (TPSA) is 40.9 Å². The minimum atomic E-state index is -0.378. The molecule has 4 rings (SSSR count). The van der Waals surface area contributed by atoms with E-state index in [1.807, 2.05) is 0 Å². The molecule has 0 saturated carbocycles. The van der Waals surface area contributed by atoms with Crippen molar-refractivity contribution in [2.75, 3.05) is 31.1 Å². The molecule has 1 aliphatic rings. The number of rotatable bonds is 2. The van der Waals surface area contributed by atoms with Crippen molar-refractivity contribution < 1.29 is 13.6 Å². The molecule has 0 aliphatic carbocycles. The predicted octanol–water partition coefficient (Wildman–Crippen LogP) is 2.57. The molecule has 0 N–H and O–H groups in total. The van der Waals surface area contributed by atoms with Gasteiger partial charge in [0.1, 0.15) is 23.0 Å². The lowest BCUT2D eigenvalue weighted by molar-refractivity contribution is 0.0741. The second kappa shape index (κ2) is 6.16. The number of hydrogen-bond acceptors (Lipinski definition) is 3. The zero-order chi connectivity index (χ0) is 17.4. The molecule has 0 atom stereocenters. The lowest BCUT2D eigenvalue weighted by Gasteiger charge is -2.35. The molecule has 1 saturated heterocycles. The van der Waals surface area contributed by atoms with Gasteiger partial charge in [-0.2, -0.15) is 0 Å². The first-order valence-electron chi connectivity index (χ1n) is 8.04. The van der Waals surface area contributed by atoms with Gasteiger partial charge < -0.3 is 14.2 Å². The molecule has 1 aliphatic heterocycles. The number of pyridine rings is 1. The first-order chi connectivity index (χ1) is 12.1. The lowest BCUT2D eigenvalue weighted by Crippen LogP contribution is -2.48. The molecule has 3 heterocycles. The number of anilines is 1. The van der Waals surface area contributed by atoms with E-state index < -0.39 is 0 Å². The van der Waals surface area contributed by atoms with Gasteiger partial charge in [-0.3, -0.25) is 4.79 Å². The van der Waals surface area contributed by atoms with E-state index in [4.69, 9.17) is 0 Å². The van der Waals surface area contributed by atoms with Crippen molar-refractivity contribution in [2.24, 2.45) is 0 Å². The van der Waals surface area contributed by atoms with E-state index in [1.54, 1.807) is 29.3 Å². The van der Waals surface area contributed by atoms with Crippen molar-refractivity contribution >= 4 is 17.2 Å². The van der Waals surface area contributed by atoms with Crippen molar-refractivity contribution in [2.45, 2.75) is 0 Å². The summed E-state index contributed by atoms with van der Waals surface area (Å²) in [6.07, 6.45) is 2.85. The molecule has 1 amide bonds. The molecular weight excluding hydrogens is 326 g/mol. The van der Waals surface area contributed by atoms with Crippen LogP contribution in [0.4, 0.5) is 14.5 Å². The SMILES string of the molecule is O=C(c1cn2cc(F)ccc2n1)N1CCN(c2ccc(F)cc2)CC1. The summed E-state index contributed by atoms with van der Waals surface area (Å²) in [5, 5.41) is 0. The van der Waals surface area contributed by atoms with E-state index in [9.17, 15) is 13.6 Å². The molecule has 0 bridgehead atoms. The number of amides is 1. The Bertz CT molecular complexity index is 914. The van der Waals surface area contributed by atoms with Crippen molar-refractivity contribution in [1.29, 1.82) is 0 Å². The number of benzene rings is 1. The molecule has 3 aromatic rings. The Kier molecular flexibility index (Phi) is 3.83. The number of fused-ring (bicyclic) bond motifs is 1. The highest BCUT2D eigenvalue weighted by Crippen LogP contribution is 2.18. The van der Waals surface area contributed by atoms with Gasteiger partial charge in [0.25, 0.3) is 5.91 Å². The Balaban J connectivity index is 1.46. The highest BCUT2D eigenvalue weighted by molar-refractivity contribution is 5.93. The van der Waals surface area contributed by atoms with Gasteiger partial charge in [-0.25, -0.2) is 13.8 Å². The predicted molar refractivity (Wildman–Crippen MR) is 89.7 cm³/mol. The Labute approximate surface area is 143 Å². The van der Waals surface area contributed by atoms with Gasteiger partial charge in [-0.15, -0.1) is 0 Å². The average molecular weight is 342 g/mol. The first-order valence-corrected chi connectivity index (χ1v) is 8.04. The molecule has 0 unspecified atom stereocenters. The monoisotopic (exact) mass is 342 g/mol. The fourth-order valence-electron chi connectivity index (χ4n) is 3.05. The maximum atomic E-state index is 13.3. The van der Waals surface area contributed by atoms with Gasteiger partial charge >= 0.3 is 0 Å². The molecule has 1 aromatic carbocycles. The zero-order valence-electron chi connectivity index (χ0n) is 13.4. The van der Waals surface area contributed by atoms with Gasteiger partial charge in [0.15, 0.2) is 0 Å². The Morgan fingerprint density at radius 2 is 1.56 bits per heavy atom. The second-order valence-electron chi connectivity index (χ2n) is 5.99. The fraction of sp³-hybridized carbons (Fsp3) is 0.222. The standard InChI is InChI=1S/C18H16F2N4O/c19-13-1-4-15(5-2-13)22-7-9-23(10-8-22)18(25)16-12-24-11-14(20)3-6-17(24)21-16/h1-6,11-12H,7-10H2. The molecular formula is C18H16F2N4O. The highest BCUT2D eigenvalue weighted by atomic mass is 19.1. The molecule has 128 valence electrons. The van der Waals surface area contributed by atoms with Gasteiger partial charge in [0, 0.05) is 44.3 Å². The third-order valence-corrected chi connectivity index (χ3v) is 4.39. The van der Waals surface area contributed by atoms with Crippen LogP contribution in [0.25, 0.3) is 5.65 Å². The largest absolute Gasteiger partial charge is 0.368 e. The quantitative estimate of drug-likeness (QED) is 0.719. The second-order valence-corrected chi connectivity index (χ2v) is 5.99. The highest BCUT2D eigenvalue weighted by Gasteiger charge is 2.24. The normalized spacial score (nSPS) is 15.0. The minimum Gasteiger partial charge on any atom is -0.368 e. The third-order valence-electron chi connectivity index (χ3n) is 4.39. The summed E-state index contributed by atoms with van der Waals surface area (Å²) in [7, 11) is 0. The molecule has 1 fully saturated rings. The number of carbonyl (C=O) groups is 1. The molecule has 5 nitrogen and oxygen atoms in total. The van der Waals surface area contributed by atoms with Crippen LogP contribution in [0.5, 0.6) is 0 Å². The maximum absolute atomic E-state index is 13.3. The summed E-state index contributed by atoms with van der Waals surface area (Å²) in [5.41, 5.74) is 1.78. The summed E-state index contributed by atoms with van der Waals surface area (Å²) >= 11 is 0. The van der Waals surface area contributed by atoms with Crippen LogP contribution in [0.2, 0.25) is 0 Å². The first kappa shape index (κ1) is 15.6. The summed E-state index contributed by atoms with van der Waals surface area (Å²) in [6, 6.07) is 9.20. The zero-order valence-corrected chi connectivity index (χ0v) is 13.4. The number of hydrogen-bond donors (Lipinski definition) is 0. The smallest absolute Gasteiger partial charge is 0.274 e. The van der Waals surface area contributed by atoms with Crippen LogP contribution in [0.1, 0.15) is 10.5 Å². The summed E-state index contributed by atoms with van der Waals surface area (Å²) in [5.74, 6) is -0.805. The molecule has 2 aromatic heterocycles.